The molecule has 6 heteroatoms. The SMILES string of the molecule is CCN1CC(CCC(=O)O)c2c1cccc2C(F)(F)F. The van der Waals surface area contributed by atoms with E-state index in [-0.39, 0.29) is 24.3 Å². The molecule has 0 aliphatic carbocycles. The Labute approximate surface area is 115 Å². The summed E-state index contributed by atoms with van der Waals surface area (Å²) >= 11 is 0. The summed E-state index contributed by atoms with van der Waals surface area (Å²) in [5.74, 6) is -1.36. The second kappa shape index (κ2) is 5.34. The van der Waals surface area contributed by atoms with Crippen LogP contribution in [0.1, 0.15) is 36.8 Å². The normalized spacial score (nSPS) is 18.2. The molecule has 1 heterocycles. The van der Waals surface area contributed by atoms with E-state index in [9.17, 15) is 18.0 Å². The van der Waals surface area contributed by atoms with E-state index in [2.05, 4.69) is 0 Å². The molecular formula is C14H16F3NO2. The van der Waals surface area contributed by atoms with Gasteiger partial charge in [0.1, 0.15) is 0 Å². The molecule has 1 aromatic carbocycles. The molecular weight excluding hydrogens is 271 g/mol. The number of alkyl halides is 3. The number of halogens is 3. The first-order valence-electron chi connectivity index (χ1n) is 6.51. The van der Waals surface area contributed by atoms with Crippen molar-refractivity contribution in [2.45, 2.75) is 31.9 Å². The van der Waals surface area contributed by atoms with Crippen LogP contribution in [0.4, 0.5) is 18.9 Å². The summed E-state index contributed by atoms with van der Waals surface area (Å²) in [4.78, 5) is 12.5. The summed E-state index contributed by atoms with van der Waals surface area (Å²) < 4.78 is 39.3. The number of benzene rings is 1. The van der Waals surface area contributed by atoms with Gasteiger partial charge in [0, 0.05) is 31.1 Å². The highest BCUT2D eigenvalue weighted by Gasteiger charge is 2.40. The molecule has 1 atom stereocenters. The predicted octanol–water partition coefficient (Wildman–Crippen LogP) is 3.49. The fourth-order valence-corrected chi connectivity index (χ4v) is 2.79. The standard InChI is InChI=1S/C14H16F3NO2/c1-2-18-8-9(6-7-12(19)20)13-10(14(15,16)17)4-3-5-11(13)18/h3-5,9H,2,6-8H2,1H3,(H,19,20). The van der Waals surface area contributed by atoms with Crippen LogP contribution < -0.4 is 4.90 Å². The third-order valence-corrected chi connectivity index (χ3v) is 3.67. The Hall–Kier alpha value is -1.72. The summed E-state index contributed by atoms with van der Waals surface area (Å²) in [6.45, 7) is 2.94. The number of likely N-dealkylation sites (N-methyl/N-ethyl adjacent to an activating group) is 1. The van der Waals surface area contributed by atoms with E-state index in [1.165, 1.54) is 6.07 Å². The van der Waals surface area contributed by atoms with Gasteiger partial charge in [-0.15, -0.1) is 0 Å². The Morgan fingerprint density at radius 1 is 1.45 bits per heavy atom. The van der Waals surface area contributed by atoms with Gasteiger partial charge in [0.05, 0.1) is 5.56 Å². The van der Waals surface area contributed by atoms with Crippen molar-refractivity contribution in [3.05, 3.63) is 29.3 Å². The fourth-order valence-electron chi connectivity index (χ4n) is 2.79. The number of fused-ring (bicyclic) bond motifs is 1. The number of hydrogen-bond donors (Lipinski definition) is 1. The fraction of sp³-hybridized carbons (Fsp3) is 0.500. The number of aliphatic carboxylic acids is 1. The van der Waals surface area contributed by atoms with E-state index >= 15 is 0 Å². The lowest BCUT2D eigenvalue weighted by atomic mass is 9.92. The van der Waals surface area contributed by atoms with Crippen molar-refractivity contribution >= 4 is 11.7 Å². The van der Waals surface area contributed by atoms with Crippen molar-refractivity contribution in [1.29, 1.82) is 0 Å². The van der Waals surface area contributed by atoms with Gasteiger partial charge in [-0.2, -0.15) is 13.2 Å². The van der Waals surface area contributed by atoms with Crippen LogP contribution in [0.25, 0.3) is 0 Å². The lowest BCUT2D eigenvalue weighted by molar-refractivity contribution is -0.138. The highest BCUT2D eigenvalue weighted by Crippen LogP contribution is 2.45. The summed E-state index contributed by atoms with van der Waals surface area (Å²) in [6, 6.07) is 4.16. The molecule has 1 aromatic rings. The highest BCUT2D eigenvalue weighted by atomic mass is 19.4. The Morgan fingerprint density at radius 2 is 2.15 bits per heavy atom. The molecule has 0 bridgehead atoms. The van der Waals surface area contributed by atoms with Crippen LogP contribution in [0.5, 0.6) is 0 Å². The Bertz CT molecular complexity index is 514. The van der Waals surface area contributed by atoms with Gasteiger partial charge in [-0.3, -0.25) is 4.79 Å². The first kappa shape index (κ1) is 14.7. The van der Waals surface area contributed by atoms with Crippen LogP contribution in [0.15, 0.2) is 18.2 Å². The minimum absolute atomic E-state index is 0.117. The Balaban J connectivity index is 2.42. The van der Waals surface area contributed by atoms with E-state index in [1.807, 2.05) is 11.8 Å². The van der Waals surface area contributed by atoms with E-state index < -0.39 is 17.7 Å². The number of hydrogen-bond acceptors (Lipinski definition) is 2. The van der Waals surface area contributed by atoms with Crippen molar-refractivity contribution in [1.82, 2.24) is 0 Å². The van der Waals surface area contributed by atoms with Gasteiger partial charge in [-0.25, -0.2) is 0 Å². The van der Waals surface area contributed by atoms with Crippen molar-refractivity contribution in [2.24, 2.45) is 0 Å². The molecule has 0 fully saturated rings. The molecule has 0 aromatic heterocycles. The van der Waals surface area contributed by atoms with E-state index in [0.717, 1.165) is 6.07 Å². The van der Waals surface area contributed by atoms with Gasteiger partial charge in [0.15, 0.2) is 0 Å². The number of carbonyl (C=O) groups is 1. The number of carboxylic acids is 1. The molecule has 0 radical (unpaired) electrons. The summed E-state index contributed by atoms with van der Waals surface area (Å²) in [7, 11) is 0. The first-order valence-corrected chi connectivity index (χ1v) is 6.51. The molecule has 3 nitrogen and oxygen atoms in total. The molecule has 0 saturated carbocycles. The van der Waals surface area contributed by atoms with Crippen LogP contribution in [-0.2, 0) is 11.0 Å². The van der Waals surface area contributed by atoms with Crippen molar-refractivity contribution in [2.75, 3.05) is 18.0 Å². The van der Waals surface area contributed by atoms with Crippen LogP contribution in [0.3, 0.4) is 0 Å². The third kappa shape index (κ3) is 2.73. The van der Waals surface area contributed by atoms with Gasteiger partial charge >= 0.3 is 12.1 Å². The smallest absolute Gasteiger partial charge is 0.416 e. The molecule has 0 spiro atoms. The minimum atomic E-state index is -4.41. The molecule has 1 unspecified atom stereocenters. The zero-order valence-corrected chi connectivity index (χ0v) is 11.1. The van der Waals surface area contributed by atoms with Crippen molar-refractivity contribution < 1.29 is 23.1 Å². The lowest BCUT2D eigenvalue weighted by Gasteiger charge is -2.17. The second-order valence-electron chi connectivity index (χ2n) is 4.90. The predicted molar refractivity (Wildman–Crippen MR) is 68.9 cm³/mol. The third-order valence-electron chi connectivity index (χ3n) is 3.67. The molecule has 110 valence electrons. The average molecular weight is 287 g/mol. The van der Waals surface area contributed by atoms with E-state index in [4.69, 9.17) is 5.11 Å². The maximum absolute atomic E-state index is 13.1. The second-order valence-corrected chi connectivity index (χ2v) is 4.90. The van der Waals surface area contributed by atoms with E-state index in [0.29, 0.717) is 18.8 Å². The molecule has 1 aliphatic rings. The zero-order chi connectivity index (χ0) is 14.9. The number of anilines is 1. The summed E-state index contributed by atoms with van der Waals surface area (Å²) in [5.41, 5.74) is 0.196. The topological polar surface area (TPSA) is 40.5 Å². The van der Waals surface area contributed by atoms with Crippen molar-refractivity contribution in [3.8, 4) is 0 Å². The highest BCUT2D eigenvalue weighted by molar-refractivity contribution is 5.68. The molecule has 1 N–H and O–H groups in total. The average Bonchev–Trinajstić information content (AvgIpc) is 2.73. The summed E-state index contributed by atoms with van der Waals surface area (Å²) in [5, 5.41) is 8.74. The minimum Gasteiger partial charge on any atom is -0.481 e. The van der Waals surface area contributed by atoms with Crippen molar-refractivity contribution in [3.63, 3.8) is 0 Å². The Kier molecular flexibility index (Phi) is 3.92. The molecule has 1 aliphatic heterocycles. The quantitative estimate of drug-likeness (QED) is 0.921. The van der Waals surface area contributed by atoms with Gasteiger partial charge < -0.3 is 10.0 Å². The maximum atomic E-state index is 13.1. The number of nitrogens with zero attached hydrogens (tertiary/aromatic N) is 1. The van der Waals surface area contributed by atoms with Crippen LogP contribution >= 0.6 is 0 Å². The van der Waals surface area contributed by atoms with Crippen LogP contribution in [0.2, 0.25) is 0 Å². The first-order chi connectivity index (χ1) is 9.34. The van der Waals surface area contributed by atoms with Gasteiger partial charge in [-0.1, -0.05) is 6.07 Å². The maximum Gasteiger partial charge on any atom is 0.416 e. The van der Waals surface area contributed by atoms with Gasteiger partial charge in [0.2, 0.25) is 0 Å². The van der Waals surface area contributed by atoms with Crippen LogP contribution in [0, 0.1) is 0 Å². The zero-order valence-electron chi connectivity index (χ0n) is 11.1. The van der Waals surface area contributed by atoms with Gasteiger partial charge in [0.25, 0.3) is 0 Å². The van der Waals surface area contributed by atoms with Crippen LogP contribution in [-0.4, -0.2) is 24.2 Å². The number of rotatable bonds is 4. The largest absolute Gasteiger partial charge is 0.481 e. The Morgan fingerprint density at radius 3 is 2.70 bits per heavy atom. The summed E-state index contributed by atoms with van der Waals surface area (Å²) in [6.07, 6.45) is -4.30. The number of carboxylic acid groups (broad SMARTS) is 1. The van der Waals surface area contributed by atoms with E-state index in [1.54, 1.807) is 6.07 Å². The molecule has 0 saturated heterocycles. The monoisotopic (exact) mass is 287 g/mol. The lowest BCUT2D eigenvalue weighted by Crippen LogP contribution is -2.21. The molecule has 0 amide bonds. The molecule has 20 heavy (non-hydrogen) atoms. The molecule has 2 rings (SSSR count). The van der Waals surface area contributed by atoms with Gasteiger partial charge in [-0.05, 0) is 31.0 Å².